The number of hydrogen-bond acceptors (Lipinski definition) is 1. The molecule has 0 N–H and O–H groups in total. The first kappa shape index (κ1) is 23.7. The number of hydrogen-bond donors (Lipinski definition) is 0. The maximum atomic E-state index is 4.99. The first-order valence-corrected chi connectivity index (χ1v) is 14.0. The Morgan fingerprint density at radius 3 is 1.48 bits per heavy atom. The molecule has 4 rings (SSSR count). The summed E-state index contributed by atoms with van der Waals surface area (Å²) < 4.78 is 0. The second kappa shape index (κ2) is 13.5. The summed E-state index contributed by atoms with van der Waals surface area (Å²) in [6.45, 7) is 3.12. The van der Waals surface area contributed by atoms with Gasteiger partial charge in [0.2, 0.25) is 0 Å². The molecule has 0 amide bonds. The van der Waals surface area contributed by atoms with E-state index in [0.29, 0.717) is 37.3 Å². The smallest absolute Gasteiger partial charge is 0.0201 e. The van der Waals surface area contributed by atoms with Gasteiger partial charge in [-0.1, -0.05) is 57.4 Å². The van der Waals surface area contributed by atoms with Crippen LogP contribution < -0.4 is 0 Å². The Morgan fingerprint density at radius 1 is 0.690 bits per heavy atom. The average Bonchev–Trinajstić information content (AvgIpc) is 2.76. The van der Waals surface area contributed by atoms with Crippen molar-refractivity contribution in [3.8, 4) is 0 Å². The van der Waals surface area contributed by atoms with E-state index in [0.717, 1.165) is 24.5 Å². The van der Waals surface area contributed by atoms with Gasteiger partial charge in [0.05, 0.1) is 0 Å². The molecule has 4 atom stereocenters. The molecule has 0 aromatic carbocycles. The Hall–Kier alpha value is 0.0895. The molecule has 1 aromatic heterocycles. The number of nitrogens with zero attached hydrogens (tertiary/aromatic N) is 5. The van der Waals surface area contributed by atoms with Crippen molar-refractivity contribution >= 4 is 20.2 Å². The predicted molar refractivity (Wildman–Crippen MR) is 119 cm³/mol. The number of rotatable bonds is 0. The van der Waals surface area contributed by atoms with E-state index in [9.17, 15) is 0 Å². The van der Waals surface area contributed by atoms with Crippen molar-refractivity contribution in [1.29, 1.82) is 0 Å². The van der Waals surface area contributed by atoms with E-state index in [1.54, 1.807) is 0 Å². The summed E-state index contributed by atoms with van der Waals surface area (Å²) >= 11 is 0.00694. The molecule has 1 aliphatic heterocycles. The molecule has 2 bridgehead atoms. The van der Waals surface area contributed by atoms with Crippen LogP contribution in [0.3, 0.4) is 0 Å². The first-order chi connectivity index (χ1) is 14.3. The van der Waals surface area contributed by atoms with Gasteiger partial charge in [0.1, 0.15) is 0 Å². The Kier molecular flexibility index (Phi) is 11.0. The predicted octanol–water partition coefficient (Wildman–Crippen LogP) is 6.59. The van der Waals surface area contributed by atoms with Crippen molar-refractivity contribution in [2.45, 2.75) is 88.6 Å². The van der Waals surface area contributed by atoms with Gasteiger partial charge in [0, 0.05) is 11.4 Å². The van der Waals surface area contributed by atoms with Gasteiger partial charge in [-0.3, -0.25) is 4.98 Å². The van der Waals surface area contributed by atoms with Crippen LogP contribution in [-0.2, 0) is 26.2 Å². The van der Waals surface area contributed by atoms with Gasteiger partial charge >= 0.3 is 33.3 Å². The Labute approximate surface area is 190 Å². The molecule has 2 aliphatic carbocycles. The van der Waals surface area contributed by atoms with E-state index in [4.69, 9.17) is 46.4 Å². The molecule has 0 spiro atoms. The zero-order valence-corrected chi connectivity index (χ0v) is 19.6. The number of pyridine rings is 1. The molecular weight excluding hydrogens is 448 g/mol. The summed E-state index contributed by atoms with van der Waals surface area (Å²) in [6.07, 6.45) is 9.84. The Morgan fingerprint density at radius 2 is 1.07 bits per heavy atom. The van der Waals surface area contributed by atoms with Gasteiger partial charge in [-0.25, -0.2) is 0 Å². The summed E-state index contributed by atoms with van der Waals surface area (Å²) in [6, 6.07) is 7.81. The maximum absolute atomic E-state index is 4.99. The number of fused-ring (bicyclic) bond motifs is 4. The number of aromatic nitrogens is 1. The van der Waals surface area contributed by atoms with Gasteiger partial charge in [0.25, 0.3) is 0 Å². The average molecular weight is 479 g/mol. The van der Waals surface area contributed by atoms with Gasteiger partial charge in [-0.2, -0.15) is 37.3 Å². The standard InChI is InChI=1S/C21H31N5.2ClH.Mn/c1-3-10-20-18(8-1)22-12-13-23-19-9-2-4-11-21(19)25-15-17-7-5-6-16(26-17)14-24-20;;;/h5-7,18-21H,1-4,8-15H2;2*1H;/q-4;;;+2/p-2/t18-,19-,20-,21-;;;/m0.../s1. The van der Waals surface area contributed by atoms with Gasteiger partial charge in [0.15, 0.2) is 0 Å². The van der Waals surface area contributed by atoms with Crippen molar-refractivity contribution in [3.63, 3.8) is 0 Å². The van der Waals surface area contributed by atoms with E-state index >= 15 is 0 Å². The molecule has 165 valence electrons. The third-order valence-electron chi connectivity index (χ3n) is 6.06. The van der Waals surface area contributed by atoms with Crippen LogP contribution >= 0.6 is 20.2 Å². The fourth-order valence-electron chi connectivity index (χ4n) is 4.61. The van der Waals surface area contributed by atoms with E-state index in [2.05, 4.69) is 18.2 Å². The SMILES string of the molecule is [Cl][Mn][Cl].c1cc2nc(c1)C[N-][C@H]1CCCC[C@@H]1[N-]CC[N-][C@H]1CCCC[C@@H]1[N-]C2. The summed E-state index contributed by atoms with van der Waals surface area (Å²) in [5.41, 5.74) is 2.14. The van der Waals surface area contributed by atoms with Gasteiger partial charge in [-0.15, -0.1) is 13.1 Å². The van der Waals surface area contributed by atoms with Crippen LogP contribution in [0.4, 0.5) is 0 Å². The van der Waals surface area contributed by atoms with Crippen LogP contribution in [0.1, 0.15) is 62.8 Å². The summed E-state index contributed by atoms with van der Waals surface area (Å²) in [5, 5.41) is 19.9. The number of halogens is 2. The molecule has 2 saturated carbocycles. The van der Waals surface area contributed by atoms with E-state index in [-0.39, 0.29) is 13.1 Å². The van der Waals surface area contributed by atoms with Crippen molar-refractivity contribution < 1.29 is 13.1 Å². The summed E-state index contributed by atoms with van der Waals surface area (Å²) in [4.78, 5) is 4.81. The molecule has 5 nitrogen and oxygen atoms in total. The van der Waals surface area contributed by atoms with Crippen molar-refractivity contribution in [1.82, 2.24) is 4.98 Å². The Bertz CT molecular complexity index is 549. The van der Waals surface area contributed by atoms with Gasteiger partial charge in [-0.05, 0) is 12.1 Å². The third kappa shape index (κ3) is 7.93. The van der Waals surface area contributed by atoms with Crippen LogP contribution in [0, 0.1) is 0 Å². The van der Waals surface area contributed by atoms with Crippen molar-refractivity contribution in [2.24, 2.45) is 0 Å². The molecule has 3 aliphatic rings. The molecule has 8 heteroatoms. The minimum Gasteiger partial charge on any atom is -0.662 e. The monoisotopic (exact) mass is 478 g/mol. The van der Waals surface area contributed by atoms with Crippen LogP contribution in [0.15, 0.2) is 18.2 Å². The maximum Gasteiger partial charge on any atom is 0.0201 e. The van der Waals surface area contributed by atoms with Crippen molar-refractivity contribution in [3.05, 3.63) is 50.9 Å². The summed E-state index contributed by atoms with van der Waals surface area (Å²) in [7, 11) is 9.59. The molecule has 29 heavy (non-hydrogen) atoms. The second-order valence-corrected chi connectivity index (χ2v) is 9.96. The third-order valence-corrected chi connectivity index (χ3v) is 6.06. The Balaban J connectivity index is 0.000000755. The molecular formula is C21H31Cl2MnN5-4. The van der Waals surface area contributed by atoms with E-state index in [1.165, 1.54) is 51.4 Å². The quantitative estimate of drug-likeness (QED) is 0.387. The van der Waals surface area contributed by atoms with Crippen LogP contribution in [-0.4, -0.2) is 42.2 Å². The van der Waals surface area contributed by atoms with Crippen LogP contribution in [0.5, 0.6) is 0 Å². The minimum atomic E-state index is 0.00694. The normalized spacial score (nSPS) is 31.1. The molecule has 0 unspecified atom stereocenters. The van der Waals surface area contributed by atoms with Crippen LogP contribution in [0.2, 0.25) is 0 Å². The second-order valence-electron chi connectivity index (χ2n) is 8.01. The van der Waals surface area contributed by atoms with Crippen LogP contribution in [0.25, 0.3) is 21.3 Å². The molecule has 1 aromatic rings. The first-order valence-electron chi connectivity index (χ1n) is 10.8. The fraction of sp³-hybridized carbons (Fsp3) is 0.762. The molecule has 2 fully saturated rings. The minimum absolute atomic E-state index is 0.00694. The largest absolute Gasteiger partial charge is 0.662 e. The zero-order valence-electron chi connectivity index (χ0n) is 16.9. The molecule has 0 radical (unpaired) electrons. The summed E-state index contributed by atoms with van der Waals surface area (Å²) in [5.74, 6) is 0. The molecule has 0 saturated heterocycles. The van der Waals surface area contributed by atoms with Crippen molar-refractivity contribution in [2.75, 3.05) is 13.1 Å². The van der Waals surface area contributed by atoms with Gasteiger partial charge < -0.3 is 21.3 Å². The fourth-order valence-corrected chi connectivity index (χ4v) is 4.61. The zero-order chi connectivity index (χ0) is 20.3. The van der Waals surface area contributed by atoms with E-state index in [1.807, 2.05) is 0 Å². The topological polar surface area (TPSA) is 69.3 Å². The molecule has 2 heterocycles. The van der Waals surface area contributed by atoms with E-state index < -0.39 is 0 Å².